The topological polar surface area (TPSA) is 48.9 Å². The fourth-order valence-corrected chi connectivity index (χ4v) is 2.48. The highest BCUT2D eigenvalue weighted by molar-refractivity contribution is 5.80. The van der Waals surface area contributed by atoms with Gasteiger partial charge in [0.25, 0.3) is 0 Å². The summed E-state index contributed by atoms with van der Waals surface area (Å²) in [5.74, 6) is 0.971. The molecule has 2 N–H and O–H groups in total. The van der Waals surface area contributed by atoms with Gasteiger partial charge in [0.1, 0.15) is 0 Å². The van der Waals surface area contributed by atoms with E-state index < -0.39 is 0 Å². The van der Waals surface area contributed by atoms with E-state index in [1.165, 1.54) is 25.7 Å². The van der Waals surface area contributed by atoms with Gasteiger partial charge in [0, 0.05) is 45.9 Å². The van der Waals surface area contributed by atoms with Crippen LogP contribution < -0.4 is 10.6 Å². The van der Waals surface area contributed by atoms with Crippen LogP contribution in [0.1, 0.15) is 25.7 Å². The summed E-state index contributed by atoms with van der Waals surface area (Å²) in [4.78, 5) is 6.75. The van der Waals surface area contributed by atoms with Crippen LogP contribution in [-0.4, -0.2) is 63.3 Å². The van der Waals surface area contributed by atoms with Crippen LogP contribution in [0.3, 0.4) is 0 Å². The highest BCUT2D eigenvalue weighted by Crippen LogP contribution is 2.18. The summed E-state index contributed by atoms with van der Waals surface area (Å²) in [5.41, 5.74) is 0. The van der Waals surface area contributed by atoms with Crippen molar-refractivity contribution in [3.63, 3.8) is 0 Å². The lowest BCUT2D eigenvalue weighted by Crippen LogP contribution is -2.50. The molecule has 0 aromatic heterocycles. The number of nitrogens with zero attached hydrogens (tertiary/aromatic N) is 2. The van der Waals surface area contributed by atoms with Gasteiger partial charge in [0.05, 0.1) is 6.61 Å². The molecule has 1 atom stereocenters. The van der Waals surface area contributed by atoms with Crippen LogP contribution in [0.4, 0.5) is 0 Å². The Balaban J connectivity index is 1.68. The third kappa shape index (κ3) is 3.85. The van der Waals surface area contributed by atoms with Crippen molar-refractivity contribution in [2.45, 2.75) is 37.8 Å². The second-order valence-corrected chi connectivity index (χ2v) is 5.27. The summed E-state index contributed by atoms with van der Waals surface area (Å²) in [5, 5.41) is 7.01. The number of likely N-dealkylation sites (tertiary alicyclic amines) is 1. The summed E-state index contributed by atoms with van der Waals surface area (Å²) in [7, 11) is 3.61. The first-order valence-corrected chi connectivity index (χ1v) is 7.03. The number of methoxy groups -OCH3 is 1. The lowest BCUT2D eigenvalue weighted by molar-refractivity contribution is 0.160. The van der Waals surface area contributed by atoms with E-state index in [1.54, 1.807) is 7.11 Å². The minimum atomic E-state index is 0.521. The van der Waals surface area contributed by atoms with Gasteiger partial charge >= 0.3 is 0 Å². The maximum absolute atomic E-state index is 5.12. The number of rotatable bonds is 5. The monoisotopic (exact) mass is 254 g/mol. The molecular weight excluding hydrogens is 228 g/mol. The molecule has 18 heavy (non-hydrogen) atoms. The van der Waals surface area contributed by atoms with Gasteiger partial charge in [0.15, 0.2) is 5.96 Å². The number of ether oxygens (including phenoxy) is 1. The molecule has 2 aliphatic rings. The Bertz CT molecular complexity index is 278. The molecule has 104 valence electrons. The van der Waals surface area contributed by atoms with E-state index in [4.69, 9.17) is 4.74 Å². The fourth-order valence-electron chi connectivity index (χ4n) is 2.48. The molecule has 1 saturated heterocycles. The Morgan fingerprint density at radius 3 is 2.67 bits per heavy atom. The third-order valence-corrected chi connectivity index (χ3v) is 3.89. The summed E-state index contributed by atoms with van der Waals surface area (Å²) >= 11 is 0. The smallest absolute Gasteiger partial charge is 0.191 e. The molecule has 0 bridgehead atoms. The zero-order valence-electron chi connectivity index (χ0n) is 11.6. The lowest BCUT2D eigenvalue weighted by Gasteiger charge is -2.29. The molecule has 0 amide bonds. The van der Waals surface area contributed by atoms with Crippen molar-refractivity contribution in [2.24, 2.45) is 4.99 Å². The highest BCUT2D eigenvalue weighted by Gasteiger charge is 2.24. The van der Waals surface area contributed by atoms with E-state index >= 15 is 0 Å². The first kappa shape index (κ1) is 13.6. The molecule has 0 radical (unpaired) electrons. The van der Waals surface area contributed by atoms with Crippen LogP contribution >= 0.6 is 0 Å². The maximum Gasteiger partial charge on any atom is 0.191 e. The summed E-state index contributed by atoms with van der Waals surface area (Å²) in [6.07, 6.45) is 5.11. The Kier molecular flexibility index (Phi) is 5.26. The quantitative estimate of drug-likeness (QED) is 0.552. The van der Waals surface area contributed by atoms with Crippen LogP contribution in [0, 0.1) is 0 Å². The predicted molar refractivity (Wildman–Crippen MR) is 74.0 cm³/mol. The van der Waals surface area contributed by atoms with E-state index in [0.29, 0.717) is 12.1 Å². The van der Waals surface area contributed by atoms with Crippen LogP contribution in [0.5, 0.6) is 0 Å². The van der Waals surface area contributed by atoms with Crippen LogP contribution in [-0.2, 0) is 4.74 Å². The van der Waals surface area contributed by atoms with Crippen LogP contribution in [0.25, 0.3) is 0 Å². The molecule has 0 aromatic carbocycles. The molecule has 0 spiro atoms. The first-order chi connectivity index (χ1) is 8.81. The average molecular weight is 254 g/mol. The van der Waals surface area contributed by atoms with Crippen LogP contribution in [0.2, 0.25) is 0 Å². The molecule has 5 nitrogen and oxygen atoms in total. The van der Waals surface area contributed by atoms with E-state index in [0.717, 1.165) is 32.2 Å². The van der Waals surface area contributed by atoms with Gasteiger partial charge in [-0.2, -0.15) is 0 Å². The Labute approximate surface area is 110 Å². The van der Waals surface area contributed by atoms with Gasteiger partial charge in [0.2, 0.25) is 0 Å². The maximum atomic E-state index is 5.12. The number of aliphatic imine (C=N–C) groups is 1. The minimum absolute atomic E-state index is 0.521. The number of guanidine groups is 1. The molecule has 1 aliphatic carbocycles. The molecule has 0 aromatic rings. The Morgan fingerprint density at radius 1 is 1.28 bits per heavy atom. The Hall–Kier alpha value is -0.810. The fraction of sp³-hybridized carbons (Fsp3) is 0.923. The van der Waals surface area contributed by atoms with Crippen LogP contribution in [0.15, 0.2) is 4.99 Å². The van der Waals surface area contributed by atoms with Gasteiger partial charge in [-0.3, -0.25) is 9.89 Å². The number of hydrogen-bond donors (Lipinski definition) is 2. The standard InChI is InChI=1S/C13H26N4O/c1-14-13(15-11-4-3-5-11)16-12-6-7-17(10-12)8-9-18-2/h11-12H,3-10H2,1-2H3,(H2,14,15,16). The van der Waals surface area contributed by atoms with Gasteiger partial charge in [-0.15, -0.1) is 0 Å². The highest BCUT2D eigenvalue weighted by atomic mass is 16.5. The van der Waals surface area contributed by atoms with Crippen molar-refractivity contribution in [3.05, 3.63) is 0 Å². The zero-order chi connectivity index (χ0) is 12.8. The normalized spacial score (nSPS) is 26.1. The van der Waals surface area contributed by atoms with Crippen molar-refractivity contribution in [2.75, 3.05) is 40.4 Å². The largest absolute Gasteiger partial charge is 0.383 e. The van der Waals surface area contributed by atoms with Gasteiger partial charge in [-0.05, 0) is 25.7 Å². The molecule has 5 heteroatoms. The molecule has 2 fully saturated rings. The number of hydrogen-bond acceptors (Lipinski definition) is 3. The minimum Gasteiger partial charge on any atom is -0.383 e. The van der Waals surface area contributed by atoms with Crippen molar-refractivity contribution in [1.29, 1.82) is 0 Å². The summed E-state index contributed by atoms with van der Waals surface area (Å²) < 4.78 is 5.12. The van der Waals surface area contributed by atoms with Crippen molar-refractivity contribution < 1.29 is 4.74 Å². The van der Waals surface area contributed by atoms with Crippen molar-refractivity contribution in [1.82, 2.24) is 15.5 Å². The molecule has 1 saturated carbocycles. The number of nitrogens with one attached hydrogen (secondary N) is 2. The summed E-state index contributed by atoms with van der Waals surface area (Å²) in [6.45, 7) is 4.10. The van der Waals surface area contributed by atoms with Gasteiger partial charge in [-0.25, -0.2) is 0 Å². The Morgan fingerprint density at radius 2 is 2.06 bits per heavy atom. The van der Waals surface area contributed by atoms with E-state index in [9.17, 15) is 0 Å². The summed E-state index contributed by atoms with van der Waals surface area (Å²) in [6, 6.07) is 1.16. The lowest BCUT2D eigenvalue weighted by atomic mass is 9.93. The van der Waals surface area contributed by atoms with E-state index in [2.05, 4.69) is 20.5 Å². The van der Waals surface area contributed by atoms with Gasteiger partial charge in [-0.1, -0.05) is 0 Å². The van der Waals surface area contributed by atoms with Crippen molar-refractivity contribution in [3.8, 4) is 0 Å². The van der Waals surface area contributed by atoms with E-state index in [-0.39, 0.29) is 0 Å². The average Bonchev–Trinajstić information content (AvgIpc) is 2.77. The first-order valence-electron chi connectivity index (χ1n) is 7.03. The van der Waals surface area contributed by atoms with Gasteiger partial charge < -0.3 is 15.4 Å². The molecule has 1 heterocycles. The van der Waals surface area contributed by atoms with Crippen molar-refractivity contribution >= 4 is 5.96 Å². The second-order valence-electron chi connectivity index (χ2n) is 5.27. The second kappa shape index (κ2) is 6.95. The third-order valence-electron chi connectivity index (χ3n) is 3.89. The predicted octanol–water partition coefficient (Wildman–Crippen LogP) is 0.425. The molecule has 1 unspecified atom stereocenters. The zero-order valence-corrected chi connectivity index (χ0v) is 11.6. The molecule has 1 aliphatic heterocycles. The molecule has 2 rings (SSSR count). The molecular formula is C13H26N4O. The SMILES string of the molecule is CN=C(NC1CCC1)NC1CCN(CCOC)C1. The van der Waals surface area contributed by atoms with E-state index in [1.807, 2.05) is 7.05 Å².